The topological polar surface area (TPSA) is 121 Å². The molecule has 0 amide bonds. The number of nitrogens with two attached hydrogens (primary N) is 1. The first-order valence-electron chi connectivity index (χ1n) is 10.9. The summed E-state index contributed by atoms with van der Waals surface area (Å²) in [7, 11) is 0. The average molecular weight is 452 g/mol. The van der Waals surface area contributed by atoms with Crippen molar-refractivity contribution in [3.05, 3.63) is 51.6 Å². The first-order valence-corrected chi connectivity index (χ1v) is 11.7. The summed E-state index contributed by atoms with van der Waals surface area (Å²) in [5.41, 5.74) is 10.3. The number of hydrogen-bond donors (Lipinski definition) is 3. The molecule has 3 aromatic heterocycles. The molecule has 32 heavy (non-hydrogen) atoms. The molecule has 9 nitrogen and oxygen atoms in total. The monoisotopic (exact) mass is 451 g/mol. The minimum Gasteiger partial charge on any atom is -0.618 e. The number of nitrogens with one attached hydrogen (secondary N) is 1. The molecule has 0 spiro atoms. The molecule has 1 aliphatic carbocycles. The molecule has 0 bridgehead atoms. The van der Waals surface area contributed by atoms with Crippen LogP contribution in [0.15, 0.2) is 34.6 Å². The Kier molecular flexibility index (Phi) is 4.40. The maximum absolute atomic E-state index is 12.2. The van der Waals surface area contributed by atoms with Gasteiger partial charge in [0.15, 0.2) is 11.4 Å². The van der Waals surface area contributed by atoms with E-state index in [-0.39, 0.29) is 0 Å². The van der Waals surface area contributed by atoms with Crippen LogP contribution in [-0.2, 0) is 12.8 Å². The molecule has 3 aliphatic rings. The van der Waals surface area contributed by atoms with E-state index in [4.69, 9.17) is 15.7 Å². The number of fused-ring (bicyclic) bond motifs is 3. The summed E-state index contributed by atoms with van der Waals surface area (Å²) in [6, 6.07) is 3.66. The van der Waals surface area contributed by atoms with E-state index in [1.54, 1.807) is 18.3 Å². The van der Waals surface area contributed by atoms with E-state index >= 15 is 0 Å². The molecule has 2 atom stereocenters. The Balaban J connectivity index is 1.38. The van der Waals surface area contributed by atoms with Gasteiger partial charge >= 0.3 is 0 Å². The van der Waals surface area contributed by atoms with Gasteiger partial charge in [-0.1, -0.05) is 18.7 Å². The zero-order valence-electron chi connectivity index (χ0n) is 17.9. The minimum absolute atomic E-state index is 0.317. The maximum Gasteiger partial charge on any atom is 0.223 e. The second-order valence-electron chi connectivity index (χ2n) is 8.83. The number of pyridine rings is 1. The number of rotatable bonds is 4. The number of H-pyrrole nitrogens is 1. The van der Waals surface area contributed by atoms with Gasteiger partial charge in [-0.15, -0.1) is 0 Å². The van der Waals surface area contributed by atoms with E-state index in [1.807, 2.05) is 0 Å². The van der Waals surface area contributed by atoms with E-state index < -0.39 is 0 Å². The SMILES string of the molecule is CCc1[nH]c2nc(SC3=CN(O)c4ccc[n+]([O-])c4C3)nc(N3CC4C(N)C4C3)c2c1C. The lowest BCUT2D eigenvalue weighted by Crippen LogP contribution is -2.35. The Bertz CT molecular complexity index is 1260. The van der Waals surface area contributed by atoms with Gasteiger partial charge < -0.3 is 20.8 Å². The molecule has 2 aliphatic heterocycles. The fourth-order valence-corrected chi connectivity index (χ4v) is 5.98. The first-order chi connectivity index (χ1) is 15.4. The zero-order chi connectivity index (χ0) is 22.1. The standard InChI is InChI=1S/C22H25N7O2S/c1-3-15-11(2)18-20(24-15)25-22(26-21(18)27-9-13-14(10-27)19(13)23)32-12-7-17-16(29(31)8-12)5-4-6-28(17)30/h4-6,8,13-14,19,31H,3,7,9-10,23H2,1-2H3,(H,24,25,26). The van der Waals surface area contributed by atoms with Gasteiger partial charge in [-0.2, -0.15) is 4.73 Å². The predicted molar refractivity (Wildman–Crippen MR) is 122 cm³/mol. The molecular formula is C22H25N7O2S. The van der Waals surface area contributed by atoms with Crippen LogP contribution in [0.5, 0.6) is 0 Å². The van der Waals surface area contributed by atoms with E-state index in [0.29, 0.717) is 40.8 Å². The normalized spacial score (nSPS) is 24.0. The van der Waals surface area contributed by atoms with Crippen molar-refractivity contribution >= 4 is 34.3 Å². The molecule has 0 aromatic carbocycles. The largest absolute Gasteiger partial charge is 0.618 e. The van der Waals surface area contributed by atoms with E-state index in [2.05, 4.69) is 23.7 Å². The number of anilines is 2. The highest BCUT2D eigenvalue weighted by Crippen LogP contribution is 2.47. The van der Waals surface area contributed by atoms with Gasteiger partial charge in [0, 0.05) is 42.0 Å². The Hall–Kier alpha value is -2.82. The van der Waals surface area contributed by atoms with Crippen molar-refractivity contribution in [2.24, 2.45) is 17.6 Å². The van der Waals surface area contributed by atoms with Gasteiger partial charge in [0.25, 0.3) is 0 Å². The van der Waals surface area contributed by atoms with Crippen molar-refractivity contribution in [1.29, 1.82) is 0 Å². The lowest BCUT2D eigenvalue weighted by Gasteiger charge is -2.23. The average Bonchev–Trinajstić information content (AvgIpc) is 3.10. The van der Waals surface area contributed by atoms with E-state index in [9.17, 15) is 10.4 Å². The molecule has 2 unspecified atom stereocenters. The van der Waals surface area contributed by atoms with Crippen LogP contribution in [0.2, 0.25) is 0 Å². The molecule has 2 fully saturated rings. The summed E-state index contributed by atoms with van der Waals surface area (Å²) in [6.07, 6.45) is 4.37. The van der Waals surface area contributed by atoms with Crippen molar-refractivity contribution in [2.75, 3.05) is 23.1 Å². The molecule has 166 valence electrons. The number of aromatic nitrogens is 4. The van der Waals surface area contributed by atoms with Crippen molar-refractivity contribution in [3.8, 4) is 0 Å². The van der Waals surface area contributed by atoms with E-state index in [0.717, 1.165) is 51.1 Å². The molecule has 1 saturated heterocycles. The molecule has 6 rings (SSSR count). The Morgan fingerprint density at radius 1 is 1.34 bits per heavy atom. The van der Waals surface area contributed by atoms with Crippen molar-refractivity contribution in [2.45, 2.75) is 37.9 Å². The maximum atomic E-state index is 12.2. The van der Waals surface area contributed by atoms with Crippen LogP contribution < -0.4 is 20.4 Å². The number of thioether (sulfide) groups is 1. The van der Waals surface area contributed by atoms with Gasteiger partial charge in [-0.25, -0.2) is 15.0 Å². The molecule has 5 heterocycles. The lowest BCUT2D eigenvalue weighted by atomic mass is 10.1. The molecule has 10 heteroatoms. The number of aryl methyl sites for hydroxylation is 2. The van der Waals surface area contributed by atoms with Crippen molar-refractivity contribution in [1.82, 2.24) is 15.0 Å². The third-order valence-corrected chi connectivity index (χ3v) is 7.87. The number of hydroxylamine groups is 1. The molecule has 3 aromatic rings. The molecule has 1 saturated carbocycles. The molecule has 4 N–H and O–H groups in total. The van der Waals surface area contributed by atoms with Gasteiger partial charge in [-0.3, -0.25) is 5.21 Å². The van der Waals surface area contributed by atoms with E-state index in [1.165, 1.54) is 29.2 Å². The summed E-state index contributed by atoms with van der Waals surface area (Å²) < 4.78 is 0.795. The summed E-state index contributed by atoms with van der Waals surface area (Å²) >= 11 is 1.38. The zero-order valence-corrected chi connectivity index (χ0v) is 18.8. The highest BCUT2D eigenvalue weighted by molar-refractivity contribution is 8.02. The number of aromatic amines is 1. The Morgan fingerprint density at radius 2 is 2.12 bits per heavy atom. The summed E-state index contributed by atoms with van der Waals surface area (Å²) in [5.74, 6) is 2.05. The van der Waals surface area contributed by atoms with Crippen LogP contribution in [0.25, 0.3) is 11.0 Å². The fourth-order valence-electron chi connectivity index (χ4n) is 5.11. The highest BCUT2D eigenvalue weighted by atomic mass is 32.2. The quantitative estimate of drug-likeness (QED) is 0.314. The number of piperidine rings is 1. The number of hydrogen-bond acceptors (Lipinski definition) is 8. The second-order valence-corrected chi connectivity index (χ2v) is 9.92. The van der Waals surface area contributed by atoms with Crippen LogP contribution in [0.3, 0.4) is 0 Å². The van der Waals surface area contributed by atoms with Crippen LogP contribution in [0.1, 0.15) is 23.9 Å². The third kappa shape index (κ3) is 2.97. The van der Waals surface area contributed by atoms with Crippen LogP contribution >= 0.6 is 11.8 Å². The number of nitrogens with zero attached hydrogens (tertiary/aromatic N) is 5. The van der Waals surface area contributed by atoms with Crippen LogP contribution in [0.4, 0.5) is 11.5 Å². The summed E-state index contributed by atoms with van der Waals surface area (Å²) in [6.45, 7) is 6.09. The van der Waals surface area contributed by atoms with Crippen LogP contribution in [-0.4, -0.2) is 39.3 Å². The van der Waals surface area contributed by atoms with Crippen LogP contribution in [0, 0.1) is 24.0 Å². The first kappa shape index (κ1) is 19.8. The van der Waals surface area contributed by atoms with Crippen molar-refractivity contribution in [3.63, 3.8) is 0 Å². The Morgan fingerprint density at radius 3 is 2.88 bits per heavy atom. The fraction of sp³-hybridized carbons (Fsp3) is 0.409. The Labute approximate surface area is 189 Å². The number of allylic oxidation sites excluding steroid dienone is 1. The van der Waals surface area contributed by atoms with Gasteiger partial charge in [0.2, 0.25) is 5.69 Å². The summed E-state index contributed by atoms with van der Waals surface area (Å²) in [5, 5.41) is 25.3. The highest BCUT2D eigenvalue weighted by Gasteiger charge is 2.54. The third-order valence-electron chi connectivity index (χ3n) is 6.99. The van der Waals surface area contributed by atoms with Gasteiger partial charge in [-0.05, 0) is 36.8 Å². The minimum atomic E-state index is 0.317. The molecular weight excluding hydrogens is 426 g/mol. The van der Waals surface area contributed by atoms with Crippen molar-refractivity contribution < 1.29 is 9.94 Å². The van der Waals surface area contributed by atoms with Gasteiger partial charge in [0.05, 0.1) is 11.8 Å². The second kappa shape index (κ2) is 7.09. The molecule has 0 radical (unpaired) electrons. The predicted octanol–water partition coefficient (Wildman–Crippen LogP) is 2.24. The smallest absolute Gasteiger partial charge is 0.223 e. The summed E-state index contributed by atoms with van der Waals surface area (Å²) in [4.78, 5) is 16.4. The van der Waals surface area contributed by atoms with Gasteiger partial charge in [0.1, 0.15) is 17.2 Å². The lowest BCUT2D eigenvalue weighted by molar-refractivity contribution is -0.613.